The predicted molar refractivity (Wildman–Crippen MR) is 103 cm³/mol. The van der Waals surface area contributed by atoms with Gasteiger partial charge in [0, 0.05) is 24.1 Å². The highest BCUT2D eigenvalue weighted by molar-refractivity contribution is 8.14. The number of carbonyl (C=O) groups is 2. The fourth-order valence-electron chi connectivity index (χ4n) is 3.13. The molecule has 0 bridgehead atoms. The third-order valence-electron chi connectivity index (χ3n) is 4.67. The molecule has 7 N–H and O–H groups in total. The van der Waals surface area contributed by atoms with Gasteiger partial charge in [0.1, 0.15) is 29.1 Å². The van der Waals surface area contributed by atoms with Gasteiger partial charge in [0.25, 0.3) is 0 Å². The van der Waals surface area contributed by atoms with Gasteiger partial charge in [0.2, 0.25) is 5.91 Å². The SMILES string of the molecule is CCC1=C(N)N=C(SCC2=C(C(=O)O)N3C(=O)C(N)[C@@H]3SC2)N(C)C1N. The van der Waals surface area contributed by atoms with E-state index in [0.29, 0.717) is 34.5 Å². The highest BCUT2D eigenvalue weighted by atomic mass is 32.2. The van der Waals surface area contributed by atoms with Gasteiger partial charge in [-0.1, -0.05) is 18.7 Å². The molecule has 0 aromatic heterocycles. The lowest BCUT2D eigenvalue weighted by molar-refractivity contribution is -0.147. The number of carboxylic acids is 1. The van der Waals surface area contributed by atoms with Crippen molar-refractivity contribution in [1.29, 1.82) is 0 Å². The molecule has 11 heteroatoms. The molecule has 3 aliphatic heterocycles. The van der Waals surface area contributed by atoms with Crippen molar-refractivity contribution in [2.75, 3.05) is 18.6 Å². The molecule has 142 valence electrons. The predicted octanol–water partition coefficient (Wildman–Crippen LogP) is -0.533. The number of fused-ring (bicyclic) bond motifs is 1. The van der Waals surface area contributed by atoms with Crippen LogP contribution < -0.4 is 17.2 Å². The normalized spacial score (nSPS) is 28.8. The first-order chi connectivity index (χ1) is 12.3. The van der Waals surface area contributed by atoms with Gasteiger partial charge in [-0.05, 0) is 12.0 Å². The van der Waals surface area contributed by atoms with Crippen molar-refractivity contribution in [3.63, 3.8) is 0 Å². The summed E-state index contributed by atoms with van der Waals surface area (Å²) in [6.07, 6.45) is 0.357. The lowest BCUT2D eigenvalue weighted by atomic mass is 10.0. The van der Waals surface area contributed by atoms with Crippen LogP contribution in [-0.2, 0) is 9.59 Å². The van der Waals surface area contributed by atoms with E-state index in [9.17, 15) is 14.7 Å². The summed E-state index contributed by atoms with van der Waals surface area (Å²) in [5.41, 5.74) is 19.5. The monoisotopic (exact) mass is 398 g/mol. The van der Waals surface area contributed by atoms with Gasteiger partial charge >= 0.3 is 5.97 Å². The number of amidine groups is 1. The van der Waals surface area contributed by atoms with Crippen LogP contribution in [0.25, 0.3) is 0 Å². The van der Waals surface area contributed by atoms with Gasteiger partial charge in [-0.3, -0.25) is 9.69 Å². The van der Waals surface area contributed by atoms with Gasteiger partial charge in [-0.25, -0.2) is 9.79 Å². The Morgan fingerprint density at radius 1 is 1.46 bits per heavy atom. The van der Waals surface area contributed by atoms with Gasteiger partial charge < -0.3 is 27.2 Å². The fourth-order valence-corrected chi connectivity index (χ4v) is 5.57. The molecule has 3 heterocycles. The van der Waals surface area contributed by atoms with Crippen LogP contribution in [0.3, 0.4) is 0 Å². The van der Waals surface area contributed by atoms with Gasteiger partial charge in [0.05, 0.1) is 0 Å². The molecule has 1 saturated heterocycles. The van der Waals surface area contributed by atoms with Crippen LogP contribution in [0.2, 0.25) is 0 Å². The number of amides is 1. The second-order valence-electron chi connectivity index (χ2n) is 6.20. The van der Waals surface area contributed by atoms with Crippen LogP contribution in [0.4, 0.5) is 0 Å². The molecule has 1 fully saturated rings. The summed E-state index contributed by atoms with van der Waals surface area (Å²) in [6.45, 7) is 1.97. The van der Waals surface area contributed by atoms with Crippen molar-refractivity contribution in [3.05, 3.63) is 22.7 Å². The van der Waals surface area contributed by atoms with E-state index >= 15 is 0 Å². The summed E-state index contributed by atoms with van der Waals surface area (Å²) in [5.74, 6) is -0.170. The minimum absolute atomic E-state index is 0.0362. The molecule has 2 unspecified atom stereocenters. The number of nitrogens with two attached hydrogens (primary N) is 3. The first kappa shape index (κ1) is 19.1. The second-order valence-corrected chi connectivity index (χ2v) is 8.24. The third-order valence-corrected chi connectivity index (χ3v) is 7.16. The minimum atomic E-state index is -1.12. The third kappa shape index (κ3) is 2.98. The second kappa shape index (κ2) is 7.14. The van der Waals surface area contributed by atoms with E-state index in [1.165, 1.54) is 28.4 Å². The van der Waals surface area contributed by atoms with Gasteiger partial charge in [-0.15, -0.1) is 11.8 Å². The minimum Gasteiger partial charge on any atom is -0.477 e. The Morgan fingerprint density at radius 2 is 2.15 bits per heavy atom. The zero-order valence-electron chi connectivity index (χ0n) is 14.5. The summed E-state index contributed by atoms with van der Waals surface area (Å²) in [7, 11) is 1.83. The van der Waals surface area contributed by atoms with E-state index in [4.69, 9.17) is 17.2 Å². The Balaban J connectivity index is 1.81. The van der Waals surface area contributed by atoms with Crippen molar-refractivity contribution < 1.29 is 14.7 Å². The molecule has 0 radical (unpaired) electrons. The Hall–Kier alpha value is -1.69. The first-order valence-corrected chi connectivity index (χ1v) is 10.1. The number of aliphatic imine (C=N–C) groups is 1. The standard InChI is InChI=1S/C15H22N6O3S2/c1-3-7-10(17)19-15(20(2)11(7)18)26-5-6-4-25-13-8(16)12(22)21(13)9(6)14(23)24/h8,11,13H,3-5,16-18H2,1-2H3,(H,23,24)/t8?,11?,13-/m0/s1. The summed E-state index contributed by atoms with van der Waals surface area (Å²) >= 11 is 2.84. The zero-order valence-corrected chi connectivity index (χ0v) is 16.1. The molecule has 9 nitrogen and oxygen atoms in total. The molecule has 3 rings (SSSR count). The van der Waals surface area contributed by atoms with Crippen molar-refractivity contribution >= 4 is 40.6 Å². The molecule has 0 aliphatic carbocycles. The van der Waals surface area contributed by atoms with Gasteiger partial charge in [0.15, 0.2) is 5.17 Å². The highest BCUT2D eigenvalue weighted by Gasteiger charge is 2.51. The maximum atomic E-state index is 12.0. The van der Waals surface area contributed by atoms with E-state index in [0.717, 1.165) is 5.57 Å². The molecular weight excluding hydrogens is 376 g/mol. The average molecular weight is 399 g/mol. The lowest BCUT2D eigenvalue weighted by Gasteiger charge is -2.48. The zero-order chi connectivity index (χ0) is 19.2. The largest absolute Gasteiger partial charge is 0.477 e. The number of carbonyl (C=O) groups excluding carboxylic acids is 1. The van der Waals surface area contributed by atoms with E-state index in [-0.39, 0.29) is 23.1 Å². The maximum Gasteiger partial charge on any atom is 0.352 e. The molecule has 0 spiro atoms. The molecule has 1 amide bonds. The molecule has 3 aliphatic rings. The first-order valence-electron chi connectivity index (χ1n) is 8.11. The highest BCUT2D eigenvalue weighted by Crippen LogP contribution is 2.40. The fraction of sp³-hybridized carbons (Fsp3) is 0.533. The van der Waals surface area contributed by atoms with Crippen molar-refractivity contribution in [2.45, 2.75) is 30.9 Å². The van der Waals surface area contributed by atoms with Crippen molar-refractivity contribution in [1.82, 2.24) is 9.80 Å². The van der Waals surface area contributed by atoms with Crippen molar-refractivity contribution in [2.24, 2.45) is 22.2 Å². The number of likely N-dealkylation sites (N-methyl/N-ethyl adjacent to an activating group) is 1. The average Bonchev–Trinajstić information content (AvgIpc) is 2.62. The number of thioether (sulfide) groups is 2. The number of β-lactam (4-membered cyclic amide) rings is 1. The number of aliphatic carboxylic acids is 1. The molecule has 0 aromatic carbocycles. The molecular formula is C15H22N6O3S2. The molecule has 0 saturated carbocycles. The number of hydrogen-bond donors (Lipinski definition) is 4. The lowest BCUT2D eigenvalue weighted by Crippen LogP contribution is -2.68. The van der Waals surface area contributed by atoms with Crippen LogP contribution >= 0.6 is 23.5 Å². The summed E-state index contributed by atoms with van der Waals surface area (Å²) in [6, 6.07) is -0.632. The van der Waals surface area contributed by atoms with E-state index in [1.54, 1.807) is 0 Å². The molecule has 0 aromatic rings. The number of hydrogen-bond acceptors (Lipinski definition) is 9. The number of rotatable bonds is 4. The van der Waals surface area contributed by atoms with Crippen LogP contribution in [0.15, 0.2) is 27.7 Å². The van der Waals surface area contributed by atoms with Crippen molar-refractivity contribution in [3.8, 4) is 0 Å². The van der Waals surface area contributed by atoms with Crippen LogP contribution in [0.5, 0.6) is 0 Å². The molecule has 3 atom stereocenters. The summed E-state index contributed by atoms with van der Waals surface area (Å²) < 4.78 is 0. The number of nitrogens with zero attached hydrogens (tertiary/aromatic N) is 3. The smallest absolute Gasteiger partial charge is 0.352 e. The Bertz CT molecular complexity index is 750. The van der Waals surface area contributed by atoms with Crippen LogP contribution in [0.1, 0.15) is 13.3 Å². The van der Waals surface area contributed by atoms with Crippen LogP contribution in [0, 0.1) is 0 Å². The topological polar surface area (TPSA) is 151 Å². The Morgan fingerprint density at radius 3 is 2.77 bits per heavy atom. The summed E-state index contributed by atoms with van der Waals surface area (Å²) in [4.78, 5) is 31.2. The maximum absolute atomic E-state index is 12.0. The Kier molecular flexibility index (Phi) is 5.24. The number of carboxylic acid groups (broad SMARTS) is 1. The molecule has 26 heavy (non-hydrogen) atoms. The van der Waals surface area contributed by atoms with E-state index < -0.39 is 12.0 Å². The van der Waals surface area contributed by atoms with E-state index in [1.807, 2.05) is 18.9 Å². The quantitative estimate of drug-likeness (QED) is 0.458. The van der Waals surface area contributed by atoms with Gasteiger partial charge in [-0.2, -0.15) is 0 Å². The summed E-state index contributed by atoms with van der Waals surface area (Å²) in [5, 5.41) is 9.91. The van der Waals surface area contributed by atoms with E-state index in [2.05, 4.69) is 4.99 Å². The van der Waals surface area contributed by atoms with Crippen LogP contribution in [-0.4, -0.2) is 68.1 Å². The Labute approximate surface area is 159 Å².